The molecule has 0 N–H and O–H groups in total. The van der Waals surface area contributed by atoms with Gasteiger partial charge < -0.3 is 9.64 Å². The van der Waals surface area contributed by atoms with Crippen molar-refractivity contribution in [2.75, 3.05) is 14.1 Å². The molecule has 6 aromatic rings. The first-order valence-corrected chi connectivity index (χ1v) is 14.7. The summed E-state index contributed by atoms with van der Waals surface area (Å²) in [7, 11) is 3.12. The van der Waals surface area contributed by atoms with E-state index in [2.05, 4.69) is 15.9 Å². The third kappa shape index (κ3) is 5.93. The average molecular weight is 671 g/mol. The lowest BCUT2D eigenvalue weighted by atomic mass is 9.78. The Labute approximate surface area is 265 Å². The molecule has 0 heterocycles. The standard InChI is InChI=1S/C37H24BrF4NO2/c1-43(2)37(44)45-31-20-25(38)19-30-32(21-3-11-26(39)12-4-21)33(22-5-13-27(40)14-6-22)34(23-7-15-28(41)16-8-23)35(36(30)31)24-9-17-29(42)18-10-24/h3-20H,1-2H3. The van der Waals surface area contributed by atoms with Gasteiger partial charge in [-0.25, -0.2) is 22.4 Å². The molecule has 3 nitrogen and oxygen atoms in total. The Balaban J connectivity index is 1.92. The first-order valence-electron chi connectivity index (χ1n) is 13.9. The molecule has 45 heavy (non-hydrogen) atoms. The fourth-order valence-electron chi connectivity index (χ4n) is 5.44. The van der Waals surface area contributed by atoms with Crippen molar-refractivity contribution in [2.24, 2.45) is 0 Å². The maximum atomic E-state index is 14.3. The lowest BCUT2D eigenvalue weighted by Gasteiger charge is -2.26. The van der Waals surface area contributed by atoms with E-state index < -0.39 is 29.4 Å². The molecular weight excluding hydrogens is 646 g/mol. The second-order valence-corrected chi connectivity index (χ2v) is 11.5. The molecule has 0 saturated carbocycles. The Kier molecular flexibility index (Phi) is 8.16. The van der Waals surface area contributed by atoms with Gasteiger partial charge in [-0.1, -0.05) is 64.5 Å². The summed E-state index contributed by atoms with van der Waals surface area (Å²) in [5.74, 6) is -1.57. The number of carbonyl (C=O) groups is 1. The van der Waals surface area contributed by atoms with Crippen LogP contribution in [0.5, 0.6) is 5.75 Å². The molecule has 224 valence electrons. The number of halogens is 5. The van der Waals surface area contributed by atoms with Crippen molar-refractivity contribution in [3.8, 4) is 50.3 Å². The van der Waals surface area contributed by atoms with Gasteiger partial charge in [0.1, 0.15) is 29.0 Å². The van der Waals surface area contributed by atoms with Crippen molar-refractivity contribution >= 4 is 32.8 Å². The van der Waals surface area contributed by atoms with Crippen LogP contribution in [0.1, 0.15) is 0 Å². The monoisotopic (exact) mass is 669 g/mol. The van der Waals surface area contributed by atoms with E-state index in [1.54, 1.807) is 68.7 Å². The molecule has 0 saturated heterocycles. The van der Waals surface area contributed by atoms with Crippen LogP contribution in [0.15, 0.2) is 114 Å². The zero-order valence-electron chi connectivity index (χ0n) is 24.0. The minimum atomic E-state index is -0.631. The number of fused-ring (bicyclic) bond motifs is 1. The topological polar surface area (TPSA) is 29.5 Å². The summed E-state index contributed by atoms with van der Waals surface area (Å²) in [5, 5.41) is 1.12. The first kappa shape index (κ1) is 30.1. The zero-order valence-corrected chi connectivity index (χ0v) is 25.6. The van der Waals surface area contributed by atoms with Crippen molar-refractivity contribution in [1.82, 2.24) is 4.90 Å². The molecule has 0 fully saturated rings. The molecule has 0 aliphatic carbocycles. The summed E-state index contributed by atoms with van der Waals surface area (Å²) in [4.78, 5) is 14.3. The summed E-state index contributed by atoms with van der Waals surface area (Å²) in [6, 6.07) is 27.2. The number of rotatable bonds is 5. The number of benzene rings is 6. The van der Waals surface area contributed by atoms with Crippen molar-refractivity contribution in [1.29, 1.82) is 0 Å². The van der Waals surface area contributed by atoms with Crippen LogP contribution < -0.4 is 4.74 Å². The molecule has 8 heteroatoms. The van der Waals surface area contributed by atoms with E-state index >= 15 is 0 Å². The number of nitrogens with zero attached hydrogens (tertiary/aromatic N) is 1. The molecule has 0 spiro atoms. The number of amides is 1. The molecule has 0 atom stereocenters. The Morgan fingerprint density at radius 1 is 0.556 bits per heavy atom. The Bertz CT molecular complexity index is 2040. The normalized spacial score (nSPS) is 11.1. The number of carbonyl (C=O) groups excluding carboxylic acids is 1. The van der Waals surface area contributed by atoms with Gasteiger partial charge >= 0.3 is 6.09 Å². The van der Waals surface area contributed by atoms with Crippen molar-refractivity contribution in [2.45, 2.75) is 0 Å². The molecular formula is C37H24BrF4NO2. The van der Waals surface area contributed by atoms with E-state index in [9.17, 15) is 22.4 Å². The largest absolute Gasteiger partial charge is 0.414 e. The maximum Gasteiger partial charge on any atom is 0.414 e. The smallest absolute Gasteiger partial charge is 0.409 e. The Morgan fingerprint density at radius 3 is 1.31 bits per heavy atom. The molecule has 6 rings (SSSR count). The van der Waals surface area contributed by atoms with Gasteiger partial charge in [-0.3, -0.25) is 0 Å². The van der Waals surface area contributed by atoms with E-state index in [0.29, 0.717) is 59.8 Å². The van der Waals surface area contributed by atoms with E-state index in [4.69, 9.17) is 4.74 Å². The predicted molar refractivity (Wildman–Crippen MR) is 173 cm³/mol. The van der Waals surface area contributed by atoms with Crippen LogP contribution >= 0.6 is 15.9 Å². The molecule has 0 radical (unpaired) electrons. The van der Waals surface area contributed by atoms with Crippen LogP contribution in [0.2, 0.25) is 0 Å². The molecule has 1 amide bonds. The Morgan fingerprint density at radius 2 is 0.911 bits per heavy atom. The van der Waals surface area contributed by atoms with Crippen molar-refractivity contribution < 1.29 is 27.1 Å². The van der Waals surface area contributed by atoms with Crippen molar-refractivity contribution in [3.05, 3.63) is 137 Å². The molecule has 0 aliphatic rings. The highest BCUT2D eigenvalue weighted by Gasteiger charge is 2.27. The number of hydrogen-bond acceptors (Lipinski definition) is 2. The van der Waals surface area contributed by atoms with E-state index in [1.807, 2.05) is 6.07 Å². The summed E-state index contributed by atoms with van der Waals surface area (Å²) in [5.41, 5.74) is 4.82. The average Bonchev–Trinajstić information content (AvgIpc) is 3.02. The molecule has 0 aromatic heterocycles. The third-order valence-electron chi connectivity index (χ3n) is 7.43. The van der Waals surface area contributed by atoms with Gasteiger partial charge in [-0.15, -0.1) is 0 Å². The van der Waals surface area contributed by atoms with Crippen LogP contribution in [-0.4, -0.2) is 25.1 Å². The van der Waals surface area contributed by atoms with E-state index in [0.717, 1.165) is 0 Å². The molecule has 6 aromatic carbocycles. The predicted octanol–water partition coefficient (Wildman–Crippen LogP) is 10.9. The third-order valence-corrected chi connectivity index (χ3v) is 7.89. The van der Waals surface area contributed by atoms with Crippen LogP contribution in [0, 0.1) is 23.3 Å². The highest BCUT2D eigenvalue weighted by molar-refractivity contribution is 9.10. The summed E-state index contributed by atoms with van der Waals surface area (Å²) >= 11 is 3.57. The van der Waals surface area contributed by atoms with Crippen LogP contribution in [0.4, 0.5) is 22.4 Å². The lowest BCUT2D eigenvalue weighted by Crippen LogP contribution is -2.25. The van der Waals surface area contributed by atoms with Gasteiger partial charge in [0.05, 0.1) is 0 Å². The van der Waals surface area contributed by atoms with Gasteiger partial charge in [0.2, 0.25) is 0 Å². The van der Waals surface area contributed by atoms with Crippen LogP contribution in [-0.2, 0) is 0 Å². The quantitative estimate of drug-likeness (QED) is 0.171. The van der Waals surface area contributed by atoms with Gasteiger partial charge in [-0.2, -0.15) is 0 Å². The maximum absolute atomic E-state index is 14.3. The van der Waals surface area contributed by atoms with Crippen LogP contribution in [0.3, 0.4) is 0 Å². The van der Waals surface area contributed by atoms with Gasteiger partial charge in [-0.05, 0) is 105 Å². The van der Waals surface area contributed by atoms with Crippen molar-refractivity contribution in [3.63, 3.8) is 0 Å². The number of ether oxygens (including phenoxy) is 1. The zero-order chi connectivity index (χ0) is 31.8. The minimum absolute atomic E-state index is 0.203. The second-order valence-electron chi connectivity index (χ2n) is 10.6. The van der Waals surface area contributed by atoms with E-state index in [1.165, 1.54) is 53.4 Å². The van der Waals surface area contributed by atoms with Gasteiger partial charge in [0, 0.05) is 29.5 Å². The molecule has 0 bridgehead atoms. The summed E-state index contributed by atoms with van der Waals surface area (Å²) < 4.78 is 63.7. The highest BCUT2D eigenvalue weighted by Crippen LogP contribution is 2.53. The highest BCUT2D eigenvalue weighted by atomic mass is 79.9. The Hall–Kier alpha value is -4.95. The first-order chi connectivity index (χ1) is 21.6. The van der Waals surface area contributed by atoms with Crippen LogP contribution in [0.25, 0.3) is 55.3 Å². The van der Waals surface area contributed by atoms with Gasteiger partial charge in [0.15, 0.2) is 0 Å². The SMILES string of the molecule is CN(C)C(=O)Oc1cc(Br)cc2c(-c3ccc(F)cc3)c(-c3ccc(F)cc3)c(-c3ccc(F)cc3)c(-c3ccc(F)cc3)c12. The summed E-state index contributed by atoms with van der Waals surface area (Å²) in [6.45, 7) is 0. The van der Waals surface area contributed by atoms with E-state index in [-0.39, 0.29) is 5.75 Å². The fraction of sp³-hybridized carbons (Fsp3) is 0.0541. The van der Waals surface area contributed by atoms with Gasteiger partial charge in [0.25, 0.3) is 0 Å². The molecule has 0 aliphatic heterocycles. The fourth-order valence-corrected chi connectivity index (χ4v) is 5.88. The lowest BCUT2D eigenvalue weighted by molar-refractivity contribution is 0.172. The molecule has 0 unspecified atom stereocenters. The minimum Gasteiger partial charge on any atom is -0.409 e. The summed E-state index contributed by atoms with van der Waals surface area (Å²) in [6.07, 6.45) is -0.631. The second kappa shape index (κ2) is 12.2. The number of hydrogen-bond donors (Lipinski definition) is 0.